The summed E-state index contributed by atoms with van der Waals surface area (Å²) >= 11 is 0. The van der Waals surface area contributed by atoms with Gasteiger partial charge in [-0.25, -0.2) is 27.3 Å². The predicted octanol–water partition coefficient (Wildman–Crippen LogP) is 2.46. The van der Waals surface area contributed by atoms with Crippen molar-refractivity contribution in [3.8, 4) is 5.88 Å². The van der Waals surface area contributed by atoms with Crippen LogP contribution in [0.5, 0.6) is 5.88 Å². The number of sulfonamides is 1. The largest absolute Gasteiger partial charge is 0.514 e. The van der Waals surface area contributed by atoms with Gasteiger partial charge in [0.2, 0.25) is 5.88 Å². The molecule has 0 atom stereocenters. The highest BCUT2D eigenvalue weighted by Gasteiger charge is 2.19. The second-order valence-corrected chi connectivity index (χ2v) is 8.72. The van der Waals surface area contributed by atoms with Gasteiger partial charge in [-0.2, -0.15) is 0 Å². The van der Waals surface area contributed by atoms with E-state index in [0.717, 1.165) is 18.9 Å². The number of halogens is 1. The Kier molecular flexibility index (Phi) is 8.10. The summed E-state index contributed by atoms with van der Waals surface area (Å²) in [6, 6.07) is 13.4. The first-order valence-electron chi connectivity index (χ1n) is 10.1. The maximum Gasteiger partial charge on any atom is 0.514 e. The van der Waals surface area contributed by atoms with Crippen molar-refractivity contribution < 1.29 is 36.7 Å². The van der Waals surface area contributed by atoms with Crippen LogP contribution >= 0.6 is 0 Å². The molecule has 10 nitrogen and oxygen atoms in total. The maximum atomic E-state index is 12.9. The molecule has 0 radical (unpaired) electrons. The number of pyridine rings is 1. The predicted molar refractivity (Wildman–Crippen MR) is 121 cm³/mol. The summed E-state index contributed by atoms with van der Waals surface area (Å²) in [4.78, 5) is 39.0. The topological polar surface area (TPSA) is 141 Å². The van der Waals surface area contributed by atoms with Crippen LogP contribution in [0.3, 0.4) is 0 Å². The lowest BCUT2D eigenvalue weighted by Crippen LogP contribution is -2.30. The Morgan fingerprint density at radius 3 is 2.17 bits per heavy atom. The van der Waals surface area contributed by atoms with Crippen LogP contribution in [0, 0.1) is 5.82 Å². The third kappa shape index (κ3) is 7.08. The number of amides is 2. The Balaban J connectivity index is 1.54. The third-order valence-electron chi connectivity index (χ3n) is 4.62. The quantitative estimate of drug-likeness (QED) is 0.449. The van der Waals surface area contributed by atoms with Crippen LogP contribution in [0.4, 0.5) is 9.18 Å². The zero-order valence-corrected chi connectivity index (χ0v) is 19.2. The van der Waals surface area contributed by atoms with Gasteiger partial charge < -0.3 is 14.8 Å². The standard InChI is InChI=1S/C23H20FN3O7S/c1-33-23(30)34-20-11-6-17(14-26-20)22(29)27-35(31,32)19-9-2-15(3-10-19)12-13-25-21(28)16-4-7-18(24)8-5-16/h2-11,14H,12-13H2,1H3,(H,25,28)(H,27,29). The SMILES string of the molecule is COC(=O)Oc1ccc(C(=O)NS(=O)(=O)c2ccc(CCNC(=O)c3ccc(F)cc3)cc2)cn1. The molecule has 0 spiro atoms. The number of ether oxygens (including phenoxy) is 2. The van der Waals surface area contributed by atoms with Crippen LogP contribution in [0.2, 0.25) is 0 Å². The molecule has 0 unspecified atom stereocenters. The Labute approximate surface area is 200 Å². The van der Waals surface area contributed by atoms with E-state index in [1.54, 1.807) is 12.1 Å². The molecule has 0 saturated carbocycles. The third-order valence-corrected chi connectivity index (χ3v) is 5.97. The van der Waals surface area contributed by atoms with E-state index in [1.807, 2.05) is 4.72 Å². The van der Waals surface area contributed by atoms with Crippen molar-refractivity contribution in [3.05, 3.63) is 89.4 Å². The van der Waals surface area contributed by atoms with Crippen molar-refractivity contribution >= 4 is 28.0 Å². The van der Waals surface area contributed by atoms with Crippen molar-refractivity contribution in [2.75, 3.05) is 13.7 Å². The highest BCUT2D eigenvalue weighted by Crippen LogP contribution is 2.13. The monoisotopic (exact) mass is 501 g/mol. The summed E-state index contributed by atoms with van der Waals surface area (Å²) < 4.78 is 49.0. The van der Waals surface area contributed by atoms with Gasteiger partial charge in [0.05, 0.1) is 17.6 Å². The van der Waals surface area contributed by atoms with Gasteiger partial charge >= 0.3 is 6.16 Å². The Morgan fingerprint density at radius 2 is 1.57 bits per heavy atom. The van der Waals surface area contributed by atoms with E-state index < -0.39 is 27.9 Å². The van der Waals surface area contributed by atoms with Crippen LogP contribution < -0.4 is 14.8 Å². The van der Waals surface area contributed by atoms with E-state index in [4.69, 9.17) is 0 Å². The summed E-state index contributed by atoms with van der Waals surface area (Å²) in [5, 5.41) is 2.70. The molecule has 2 aromatic carbocycles. The lowest BCUT2D eigenvalue weighted by atomic mass is 10.1. The summed E-state index contributed by atoms with van der Waals surface area (Å²) in [6.45, 7) is 0.279. The number of rotatable bonds is 8. The molecule has 0 aliphatic carbocycles. The molecule has 182 valence electrons. The number of methoxy groups -OCH3 is 1. The lowest BCUT2D eigenvalue weighted by molar-refractivity contribution is 0.0951. The zero-order chi connectivity index (χ0) is 25.4. The minimum absolute atomic E-state index is 0.0701. The van der Waals surface area contributed by atoms with Gasteiger partial charge in [-0.05, 0) is 54.4 Å². The molecule has 1 aromatic heterocycles. The van der Waals surface area contributed by atoms with Gasteiger partial charge in [0.25, 0.3) is 21.8 Å². The molecule has 0 aliphatic heterocycles. The summed E-state index contributed by atoms with van der Waals surface area (Å²) in [6.07, 6.45) is 0.480. The van der Waals surface area contributed by atoms with E-state index in [9.17, 15) is 27.2 Å². The van der Waals surface area contributed by atoms with E-state index in [0.29, 0.717) is 12.0 Å². The van der Waals surface area contributed by atoms with E-state index in [-0.39, 0.29) is 28.8 Å². The van der Waals surface area contributed by atoms with Gasteiger partial charge in [-0.3, -0.25) is 9.59 Å². The molecule has 2 amide bonds. The summed E-state index contributed by atoms with van der Waals surface area (Å²) in [5.74, 6) is -1.84. The Bertz CT molecular complexity index is 1310. The average molecular weight is 501 g/mol. The second-order valence-electron chi connectivity index (χ2n) is 7.03. The normalized spacial score (nSPS) is 10.8. The second kappa shape index (κ2) is 11.2. The highest BCUT2D eigenvalue weighted by atomic mass is 32.2. The van der Waals surface area contributed by atoms with Crippen LogP contribution in [0.25, 0.3) is 0 Å². The molecule has 35 heavy (non-hydrogen) atoms. The Morgan fingerprint density at radius 1 is 0.914 bits per heavy atom. The molecule has 0 saturated heterocycles. The van der Waals surface area contributed by atoms with Gasteiger partial charge in [-0.1, -0.05) is 12.1 Å². The fourth-order valence-corrected chi connectivity index (χ4v) is 3.78. The first-order valence-corrected chi connectivity index (χ1v) is 11.6. The highest BCUT2D eigenvalue weighted by molar-refractivity contribution is 7.90. The number of nitrogens with zero attached hydrogens (tertiary/aromatic N) is 1. The minimum atomic E-state index is -4.16. The fraction of sp³-hybridized carbons (Fsp3) is 0.130. The number of hydrogen-bond donors (Lipinski definition) is 2. The van der Waals surface area contributed by atoms with Crippen molar-refractivity contribution in [1.29, 1.82) is 0 Å². The fourth-order valence-electron chi connectivity index (χ4n) is 2.80. The smallest absolute Gasteiger partial charge is 0.437 e. The first kappa shape index (κ1) is 25.3. The molecule has 0 aliphatic rings. The zero-order valence-electron chi connectivity index (χ0n) is 18.4. The first-order chi connectivity index (χ1) is 16.7. The van der Waals surface area contributed by atoms with Gasteiger partial charge in [0.15, 0.2) is 0 Å². The molecule has 3 rings (SSSR count). The van der Waals surface area contributed by atoms with Crippen LogP contribution in [0.15, 0.2) is 71.8 Å². The number of benzene rings is 2. The van der Waals surface area contributed by atoms with Crippen LogP contribution in [-0.2, 0) is 21.2 Å². The number of hydrogen-bond acceptors (Lipinski definition) is 8. The average Bonchev–Trinajstić information content (AvgIpc) is 2.84. The number of carbonyl (C=O) groups excluding carboxylic acids is 3. The van der Waals surface area contributed by atoms with E-state index >= 15 is 0 Å². The summed E-state index contributed by atoms with van der Waals surface area (Å²) in [7, 11) is -3.04. The number of nitrogens with one attached hydrogen (secondary N) is 2. The maximum absolute atomic E-state index is 12.9. The molecular formula is C23H20FN3O7S. The number of carbonyl (C=O) groups is 3. The molecule has 12 heteroatoms. The lowest BCUT2D eigenvalue weighted by Gasteiger charge is -2.09. The van der Waals surface area contributed by atoms with Crippen molar-refractivity contribution in [1.82, 2.24) is 15.0 Å². The van der Waals surface area contributed by atoms with Crippen LogP contribution in [0.1, 0.15) is 26.3 Å². The van der Waals surface area contributed by atoms with E-state index in [1.165, 1.54) is 48.5 Å². The van der Waals surface area contributed by atoms with E-state index in [2.05, 4.69) is 19.8 Å². The summed E-state index contributed by atoms with van der Waals surface area (Å²) in [5.41, 5.74) is 1.00. The molecule has 0 bridgehead atoms. The number of aromatic nitrogens is 1. The molecule has 3 aromatic rings. The molecule has 1 heterocycles. The Hall–Kier alpha value is -4.32. The minimum Gasteiger partial charge on any atom is -0.437 e. The molecule has 0 fully saturated rings. The van der Waals surface area contributed by atoms with Gasteiger partial charge in [-0.15, -0.1) is 0 Å². The molecule has 2 N–H and O–H groups in total. The van der Waals surface area contributed by atoms with Crippen LogP contribution in [-0.4, -0.2) is 45.0 Å². The van der Waals surface area contributed by atoms with Crippen molar-refractivity contribution in [2.24, 2.45) is 0 Å². The van der Waals surface area contributed by atoms with Gasteiger partial charge in [0.1, 0.15) is 5.82 Å². The molecular weight excluding hydrogens is 481 g/mol. The van der Waals surface area contributed by atoms with Crippen molar-refractivity contribution in [3.63, 3.8) is 0 Å². The van der Waals surface area contributed by atoms with Gasteiger partial charge in [0, 0.05) is 24.4 Å². The van der Waals surface area contributed by atoms with Crippen molar-refractivity contribution in [2.45, 2.75) is 11.3 Å².